The summed E-state index contributed by atoms with van der Waals surface area (Å²) in [4.78, 5) is 0. The van der Waals surface area contributed by atoms with Crippen molar-refractivity contribution in [3.63, 3.8) is 0 Å². The third-order valence-electron chi connectivity index (χ3n) is 5.16. The van der Waals surface area contributed by atoms with Crippen LogP contribution in [0.1, 0.15) is 71.1 Å². The number of hydrogen-bond donors (Lipinski definition) is 0. The van der Waals surface area contributed by atoms with Crippen molar-refractivity contribution in [1.82, 2.24) is 0 Å². The lowest BCUT2D eigenvalue weighted by molar-refractivity contribution is 0.286. The van der Waals surface area contributed by atoms with Crippen LogP contribution in [0.25, 0.3) is 10.8 Å². The average Bonchev–Trinajstić information content (AvgIpc) is 2.75. The van der Waals surface area contributed by atoms with Crippen LogP contribution in [-0.4, -0.2) is 26.2 Å². The standard InChI is InChI=1S/C25H37ClO3/c1-3-4-5-11-18-28-22-14-15-23-21(20-22)13-16-24(25(23)27-2)29-19-12-9-7-6-8-10-17-26/h13-16,20H,3-12,17-19H2,1-2H3. The average molecular weight is 421 g/mol. The molecule has 0 saturated carbocycles. The molecule has 0 bridgehead atoms. The summed E-state index contributed by atoms with van der Waals surface area (Å²) >= 11 is 5.71. The second-order valence-corrected chi connectivity index (χ2v) is 7.93. The van der Waals surface area contributed by atoms with Gasteiger partial charge in [0.1, 0.15) is 5.75 Å². The number of hydrogen-bond acceptors (Lipinski definition) is 3. The summed E-state index contributed by atoms with van der Waals surface area (Å²) in [6, 6.07) is 10.3. The fraction of sp³-hybridized carbons (Fsp3) is 0.600. The molecule has 0 saturated heterocycles. The van der Waals surface area contributed by atoms with Gasteiger partial charge in [0.15, 0.2) is 11.5 Å². The number of alkyl halides is 1. The molecule has 0 aliphatic rings. The Kier molecular flexibility index (Phi) is 11.7. The molecule has 0 N–H and O–H groups in total. The molecule has 29 heavy (non-hydrogen) atoms. The summed E-state index contributed by atoms with van der Waals surface area (Å²) in [5.41, 5.74) is 0. The van der Waals surface area contributed by atoms with Crippen molar-refractivity contribution in [3.05, 3.63) is 30.3 Å². The van der Waals surface area contributed by atoms with E-state index in [4.69, 9.17) is 25.8 Å². The van der Waals surface area contributed by atoms with E-state index in [2.05, 4.69) is 25.1 Å². The highest BCUT2D eigenvalue weighted by Crippen LogP contribution is 2.37. The number of benzene rings is 2. The van der Waals surface area contributed by atoms with Crippen LogP contribution in [0.2, 0.25) is 0 Å². The lowest BCUT2D eigenvalue weighted by Crippen LogP contribution is -2.00. The van der Waals surface area contributed by atoms with E-state index in [1.54, 1.807) is 7.11 Å². The number of methoxy groups -OCH3 is 1. The topological polar surface area (TPSA) is 27.7 Å². The Labute approximate surface area is 181 Å². The maximum Gasteiger partial charge on any atom is 0.168 e. The Hall–Kier alpha value is -1.61. The molecule has 0 unspecified atom stereocenters. The predicted molar refractivity (Wildman–Crippen MR) is 124 cm³/mol. The number of ether oxygens (including phenoxy) is 3. The minimum absolute atomic E-state index is 0.719. The summed E-state index contributed by atoms with van der Waals surface area (Å²) in [6.07, 6.45) is 12.0. The first-order valence-electron chi connectivity index (χ1n) is 11.2. The quantitative estimate of drug-likeness (QED) is 0.205. The molecule has 162 valence electrons. The smallest absolute Gasteiger partial charge is 0.168 e. The van der Waals surface area contributed by atoms with Gasteiger partial charge in [-0.1, -0.05) is 57.9 Å². The van der Waals surface area contributed by atoms with Crippen molar-refractivity contribution in [3.8, 4) is 17.2 Å². The van der Waals surface area contributed by atoms with Gasteiger partial charge in [0, 0.05) is 11.3 Å². The normalized spacial score (nSPS) is 11.0. The van der Waals surface area contributed by atoms with Gasteiger partial charge in [-0.15, -0.1) is 11.6 Å². The largest absolute Gasteiger partial charge is 0.494 e. The Bertz CT molecular complexity index is 702. The van der Waals surface area contributed by atoms with Gasteiger partial charge < -0.3 is 14.2 Å². The molecule has 0 amide bonds. The van der Waals surface area contributed by atoms with Gasteiger partial charge in [-0.2, -0.15) is 0 Å². The van der Waals surface area contributed by atoms with Crippen molar-refractivity contribution in [1.29, 1.82) is 0 Å². The molecule has 2 aromatic carbocycles. The van der Waals surface area contributed by atoms with Crippen LogP contribution in [0.15, 0.2) is 30.3 Å². The van der Waals surface area contributed by atoms with Crippen LogP contribution in [0.4, 0.5) is 0 Å². The van der Waals surface area contributed by atoms with E-state index >= 15 is 0 Å². The summed E-state index contributed by atoms with van der Waals surface area (Å²) in [6.45, 7) is 3.71. The lowest BCUT2D eigenvalue weighted by atomic mass is 10.1. The fourth-order valence-electron chi connectivity index (χ4n) is 3.48. The van der Waals surface area contributed by atoms with E-state index in [1.807, 2.05) is 12.1 Å². The Morgan fingerprint density at radius 1 is 0.759 bits per heavy atom. The van der Waals surface area contributed by atoms with Gasteiger partial charge in [-0.25, -0.2) is 0 Å². The van der Waals surface area contributed by atoms with E-state index in [1.165, 1.54) is 44.9 Å². The Balaban J connectivity index is 1.86. The van der Waals surface area contributed by atoms with E-state index in [9.17, 15) is 0 Å². The van der Waals surface area contributed by atoms with E-state index in [-0.39, 0.29) is 0 Å². The highest BCUT2D eigenvalue weighted by molar-refractivity contribution is 6.17. The molecular weight excluding hydrogens is 384 g/mol. The molecule has 0 aliphatic heterocycles. The first kappa shape index (κ1) is 23.7. The van der Waals surface area contributed by atoms with Gasteiger partial charge in [0.2, 0.25) is 0 Å². The van der Waals surface area contributed by atoms with E-state index < -0.39 is 0 Å². The van der Waals surface area contributed by atoms with Crippen molar-refractivity contribution < 1.29 is 14.2 Å². The van der Waals surface area contributed by atoms with Crippen LogP contribution in [0, 0.1) is 0 Å². The molecule has 0 spiro atoms. The van der Waals surface area contributed by atoms with Gasteiger partial charge in [-0.3, -0.25) is 0 Å². The monoisotopic (exact) mass is 420 g/mol. The molecule has 0 atom stereocenters. The molecule has 0 heterocycles. The molecule has 2 aromatic rings. The Morgan fingerprint density at radius 3 is 2.17 bits per heavy atom. The van der Waals surface area contributed by atoms with Crippen LogP contribution >= 0.6 is 11.6 Å². The molecule has 0 fully saturated rings. The minimum atomic E-state index is 0.719. The van der Waals surface area contributed by atoms with E-state index in [0.29, 0.717) is 0 Å². The summed E-state index contributed by atoms with van der Waals surface area (Å²) < 4.78 is 17.6. The highest BCUT2D eigenvalue weighted by Gasteiger charge is 2.10. The zero-order chi connectivity index (χ0) is 20.7. The molecule has 2 rings (SSSR count). The second-order valence-electron chi connectivity index (χ2n) is 7.55. The maximum absolute atomic E-state index is 6.02. The van der Waals surface area contributed by atoms with Gasteiger partial charge in [-0.05, 0) is 48.9 Å². The first-order chi connectivity index (χ1) is 14.3. The fourth-order valence-corrected chi connectivity index (χ4v) is 3.67. The summed E-state index contributed by atoms with van der Waals surface area (Å²) in [5, 5.41) is 2.17. The van der Waals surface area contributed by atoms with Crippen LogP contribution in [-0.2, 0) is 0 Å². The van der Waals surface area contributed by atoms with Crippen molar-refractivity contribution >= 4 is 22.4 Å². The van der Waals surface area contributed by atoms with Crippen molar-refractivity contribution in [2.75, 3.05) is 26.2 Å². The SMILES string of the molecule is CCCCCCOc1ccc2c(OC)c(OCCCCCCCCCl)ccc2c1. The van der Waals surface area contributed by atoms with Gasteiger partial charge in [0.05, 0.1) is 20.3 Å². The van der Waals surface area contributed by atoms with Crippen LogP contribution in [0.5, 0.6) is 17.2 Å². The minimum Gasteiger partial charge on any atom is -0.494 e. The first-order valence-corrected chi connectivity index (χ1v) is 11.8. The van der Waals surface area contributed by atoms with Gasteiger partial charge in [0.25, 0.3) is 0 Å². The third-order valence-corrected chi connectivity index (χ3v) is 5.43. The molecule has 0 aromatic heterocycles. The van der Waals surface area contributed by atoms with Gasteiger partial charge >= 0.3 is 0 Å². The number of unbranched alkanes of at least 4 members (excludes halogenated alkanes) is 8. The summed E-state index contributed by atoms with van der Waals surface area (Å²) in [5.74, 6) is 3.31. The number of fused-ring (bicyclic) bond motifs is 1. The van der Waals surface area contributed by atoms with Crippen molar-refractivity contribution in [2.24, 2.45) is 0 Å². The zero-order valence-electron chi connectivity index (χ0n) is 18.2. The predicted octanol–water partition coefficient (Wildman–Crippen LogP) is 7.77. The molecule has 4 heteroatoms. The van der Waals surface area contributed by atoms with Crippen LogP contribution in [0.3, 0.4) is 0 Å². The zero-order valence-corrected chi connectivity index (χ0v) is 18.9. The molecular formula is C25H37ClO3. The van der Waals surface area contributed by atoms with E-state index in [0.717, 1.165) is 66.4 Å². The van der Waals surface area contributed by atoms with Crippen molar-refractivity contribution in [2.45, 2.75) is 71.1 Å². The molecule has 0 radical (unpaired) electrons. The number of rotatable bonds is 16. The number of halogens is 1. The second kappa shape index (κ2) is 14.4. The highest BCUT2D eigenvalue weighted by atomic mass is 35.5. The molecule has 3 nitrogen and oxygen atoms in total. The van der Waals surface area contributed by atoms with Crippen LogP contribution < -0.4 is 14.2 Å². The molecule has 0 aliphatic carbocycles. The maximum atomic E-state index is 6.02. The lowest BCUT2D eigenvalue weighted by Gasteiger charge is -2.14. The summed E-state index contributed by atoms with van der Waals surface area (Å²) in [7, 11) is 1.71. The third kappa shape index (κ3) is 8.34. The Morgan fingerprint density at radius 2 is 1.45 bits per heavy atom.